The number of aliphatic carboxylic acids is 4. The van der Waals surface area contributed by atoms with E-state index in [2.05, 4.69) is 37.5 Å². The first-order valence-corrected chi connectivity index (χ1v) is 8.94. The summed E-state index contributed by atoms with van der Waals surface area (Å²) in [7, 11) is 0. The van der Waals surface area contributed by atoms with Crippen molar-refractivity contribution in [3.8, 4) is 0 Å². The molecule has 28 heavy (non-hydrogen) atoms. The maximum absolute atomic E-state index is 9.00. The fourth-order valence-corrected chi connectivity index (χ4v) is 1.36. The van der Waals surface area contributed by atoms with Crippen LogP contribution in [0.4, 0.5) is 0 Å². The van der Waals surface area contributed by atoms with Gasteiger partial charge in [0.1, 0.15) is 0 Å². The second-order valence-corrected chi connectivity index (χ2v) is 5.13. The Kier molecular flexibility index (Phi) is 38.7. The lowest BCUT2D eigenvalue weighted by Crippen LogP contribution is -2.34. The van der Waals surface area contributed by atoms with Gasteiger partial charge in [0.15, 0.2) is 0 Å². The molecule has 0 aromatic carbocycles. The molecule has 10 nitrogen and oxygen atoms in total. The summed E-state index contributed by atoms with van der Waals surface area (Å²) < 4.78 is 0. The molecule has 0 amide bonds. The molecule has 0 heterocycles. The van der Waals surface area contributed by atoms with Crippen molar-refractivity contribution in [2.45, 2.75) is 55.4 Å². The van der Waals surface area contributed by atoms with Crippen molar-refractivity contribution in [2.75, 3.05) is 39.3 Å². The Labute approximate surface area is 168 Å². The lowest BCUT2D eigenvalue weighted by molar-refractivity contribution is -0.135. The predicted molar refractivity (Wildman–Crippen MR) is 109 cm³/mol. The summed E-state index contributed by atoms with van der Waals surface area (Å²) in [6.45, 7) is 20.4. The fourth-order valence-electron chi connectivity index (χ4n) is 1.36. The molecule has 4 N–H and O–H groups in total. The van der Waals surface area contributed by atoms with Crippen molar-refractivity contribution in [1.82, 2.24) is 9.80 Å². The highest BCUT2D eigenvalue weighted by molar-refractivity contribution is 5.63. The van der Waals surface area contributed by atoms with Crippen LogP contribution in [0.3, 0.4) is 0 Å². The second kappa shape index (κ2) is 29.6. The topological polar surface area (TPSA) is 156 Å². The van der Waals surface area contributed by atoms with Crippen molar-refractivity contribution in [3.63, 3.8) is 0 Å². The first-order valence-electron chi connectivity index (χ1n) is 8.94. The Morgan fingerprint density at radius 2 is 0.607 bits per heavy atom. The van der Waals surface area contributed by atoms with Gasteiger partial charge in [-0.1, -0.05) is 27.7 Å². The van der Waals surface area contributed by atoms with Gasteiger partial charge in [-0.25, -0.2) is 0 Å². The normalized spacial score (nSPS) is 8.50. The van der Waals surface area contributed by atoms with Crippen LogP contribution in [0.5, 0.6) is 0 Å². The standard InChI is InChI=1S/C10H24N2.4C2H4O2/c1-5-11(6-2)9-10-12(7-3)8-4;4*1-2(3)4/h5-10H2,1-4H3;4*1H3,(H,3,4). The van der Waals surface area contributed by atoms with Crippen LogP contribution in [0.25, 0.3) is 0 Å². The van der Waals surface area contributed by atoms with E-state index in [0.717, 1.165) is 27.7 Å². The molecular weight excluding hydrogens is 372 g/mol. The molecule has 0 fully saturated rings. The van der Waals surface area contributed by atoms with E-state index < -0.39 is 23.9 Å². The Hall–Kier alpha value is -2.20. The molecule has 0 unspecified atom stereocenters. The highest BCUT2D eigenvalue weighted by Crippen LogP contribution is 1.90. The van der Waals surface area contributed by atoms with Crippen molar-refractivity contribution >= 4 is 23.9 Å². The molecule has 0 aliphatic heterocycles. The van der Waals surface area contributed by atoms with Gasteiger partial charge in [0.25, 0.3) is 23.9 Å². The summed E-state index contributed by atoms with van der Waals surface area (Å²) in [4.78, 5) is 40.9. The van der Waals surface area contributed by atoms with Crippen LogP contribution in [0.15, 0.2) is 0 Å². The number of likely N-dealkylation sites (N-methyl/N-ethyl adjacent to an activating group) is 2. The molecule has 0 aliphatic carbocycles. The van der Waals surface area contributed by atoms with Crippen LogP contribution >= 0.6 is 0 Å². The summed E-state index contributed by atoms with van der Waals surface area (Å²) >= 11 is 0. The van der Waals surface area contributed by atoms with E-state index in [-0.39, 0.29) is 0 Å². The van der Waals surface area contributed by atoms with Gasteiger partial charge in [-0.05, 0) is 26.2 Å². The van der Waals surface area contributed by atoms with Gasteiger partial charge in [-0.3, -0.25) is 19.2 Å². The smallest absolute Gasteiger partial charge is 0.300 e. The number of nitrogens with zero attached hydrogens (tertiary/aromatic N) is 2. The molecule has 0 atom stereocenters. The zero-order valence-electron chi connectivity index (χ0n) is 18.6. The molecule has 0 bridgehead atoms. The molecule has 0 aliphatic rings. The molecular formula is C18H40N2O8. The van der Waals surface area contributed by atoms with E-state index in [1.165, 1.54) is 39.3 Å². The van der Waals surface area contributed by atoms with E-state index in [4.69, 9.17) is 39.6 Å². The van der Waals surface area contributed by atoms with Gasteiger partial charge in [-0.15, -0.1) is 0 Å². The van der Waals surface area contributed by atoms with E-state index in [0.29, 0.717) is 0 Å². The maximum atomic E-state index is 9.00. The average Bonchev–Trinajstić information content (AvgIpc) is 2.50. The number of carboxylic acids is 4. The van der Waals surface area contributed by atoms with Gasteiger partial charge in [-0.2, -0.15) is 0 Å². The number of carboxylic acid groups (broad SMARTS) is 4. The first kappa shape index (κ1) is 36.7. The number of carbonyl (C=O) groups is 4. The minimum atomic E-state index is -0.833. The second-order valence-electron chi connectivity index (χ2n) is 5.13. The highest BCUT2D eigenvalue weighted by Gasteiger charge is 2.02. The molecule has 0 aromatic heterocycles. The average molecular weight is 413 g/mol. The van der Waals surface area contributed by atoms with E-state index in [1.54, 1.807) is 0 Å². The monoisotopic (exact) mass is 412 g/mol. The fraction of sp³-hybridized carbons (Fsp3) is 0.778. The third-order valence-electron chi connectivity index (χ3n) is 2.52. The van der Waals surface area contributed by atoms with Crippen LogP contribution in [-0.2, 0) is 19.2 Å². The number of hydrogen-bond acceptors (Lipinski definition) is 6. The minimum absolute atomic E-state index is 0.833. The Morgan fingerprint density at radius 3 is 0.679 bits per heavy atom. The van der Waals surface area contributed by atoms with Gasteiger partial charge in [0, 0.05) is 40.8 Å². The van der Waals surface area contributed by atoms with Gasteiger partial charge < -0.3 is 30.2 Å². The minimum Gasteiger partial charge on any atom is -0.481 e. The first-order chi connectivity index (χ1) is 12.7. The summed E-state index contributed by atoms with van der Waals surface area (Å²) in [5.74, 6) is -3.33. The largest absolute Gasteiger partial charge is 0.481 e. The summed E-state index contributed by atoms with van der Waals surface area (Å²) in [6.07, 6.45) is 0. The molecule has 0 aromatic rings. The maximum Gasteiger partial charge on any atom is 0.300 e. The molecule has 170 valence electrons. The Morgan fingerprint density at radius 1 is 0.500 bits per heavy atom. The van der Waals surface area contributed by atoms with Crippen molar-refractivity contribution in [2.24, 2.45) is 0 Å². The Bertz CT molecular complexity index is 306. The predicted octanol–water partition coefficient (Wildman–Crippen LogP) is 2.03. The van der Waals surface area contributed by atoms with Crippen LogP contribution in [-0.4, -0.2) is 93.4 Å². The van der Waals surface area contributed by atoms with E-state index in [1.807, 2.05) is 0 Å². The van der Waals surface area contributed by atoms with Crippen LogP contribution in [0, 0.1) is 0 Å². The molecule has 0 saturated heterocycles. The van der Waals surface area contributed by atoms with Gasteiger partial charge in [0.2, 0.25) is 0 Å². The number of rotatable bonds is 7. The Balaban J connectivity index is -0.0000000910. The van der Waals surface area contributed by atoms with Crippen molar-refractivity contribution in [1.29, 1.82) is 0 Å². The van der Waals surface area contributed by atoms with Crippen LogP contribution < -0.4 is 0 Å². The summed E-state index contributed by atoms with van der Waals surface area (Å²) in [5, 5.41) is 29.7. The number of hydrogen-bond donors (Lipinski definition) is 4. The lowest BCUT2D eigenvalue weighted by atomic mass is 10.4. The molecule has 0 radical (unpaired) electrons. The third-order valence-corrected chi connectivity index (χ3v) is 2.52. The SMILES string of the molecule is CC(=O)O.CC(=O)O.CC(=O)O.CC(=O)O.CCN(CC)CCN(CC)CC. The van der Waals surface area contributed by atoms with Crippen LogP contribution in [0.1, 0.15) is 55.4 Å². The van der Waals surface area contributed by atoms with Crippen LogP contribution in [0.2, 0.25) is 0 Å². The summed E-state index contributed by atoms with van der Waals surface area (Å²) in [6, 6.07) is 0. The third kappa shape index (κ3) is 106. The molecule has 0 spiro atoms. The van der Waals surface area contributed by atoms with Gasteiger partial charge in [0.05, 0.1) is 0 Å². The molecule has 10 heteroatoms. The van der Waals surface area contributed by atoms with Gasteiger partial charge >= 0.3 is 0 Å². The van der Waals surface area contributed by atoms with E-state index in [9.17, 15) is 0 Å². The molecule has 0 saturated carbocycles. The zero-order chi connectivity index (χ0) is 23.7. The summed E-state index contributed by atoms with van der Waals surface area (Å²) in [5.41, 5.74) is 0. The lowest BCUT2D eigenvalue weighted by Gasteiger charge is -2.23. The highest BCUT2D eigenvalue weighted by atomic mass is 16.4. The van der Waals surface area contributed by atoms with Crippen molar-refractivity contribution < 1.29 is 39.6 Å². The molecule has 0 rings (SSSR count). The van der Waals surface area contributed by atoms with Crippen molar-refractivity contribution in [3.05, 3.63) is 0 Å². The zero-order valence-corrected chi connectivity index (χ0v) is 18.6. The van der Waals surface area contributed by atoms with E-state index >= 15 is 0 Å². The quantitative estimate of drug-likeness (QED) is 0.488.